The number of aromatic nitrogens is 4. The Labute approximate surface area is 199 Å². The minimum atomic E-state index is -4.50. The van der Waals surface area contributed by atoms with Gasteiger partial charge in [0.15, 0.2) is 5.65 Å². The molecular weight excluding hydrogens is 469 g/mol. The minimum absolute atomic E-state index is 0.0550. The Morgan fingerprint density at radius 3 is 2.41 bits per heavy atom. The zero-order chi connectivity index (χ0) is 24.2. The number of rotatable bonds is 4. The van der Waals surface area contributed by atoms with Gasteiger partial charge in [-0.15, -0.1) is 0 Å². The van der Waals surface area contributed by atoms with Crippen LogP contribution >= 0.6 is 11.6 Å². The third kappa shape index (κ3) is 4.19. The highest BCUT2D eigenvalue weighted by atomic mass is 35.5. The van der Waals surface area contributed by atoms with E-state index in [2.05, 4.69) is 10.1 Å². The number of pyridine rings is 2. The van der Waals surface area contributed by atoms with Crippen LogP contribution in [0.2, 0.25) is 5.02 Å². The van der Waals surface area contributed by atoms with Crippen LogP contribution in [0, 0.1) is 0 Å². The fourth-order valence-electron chi connectivity index (χ4n) is 4.29. The van der Waals surface area contributed by atoms with Crippen LogP contribution in [0.15, 0.2) is 24.5 Å². The number of carbonyl (C=O) groups excluding carboxylic acids is 1. The van der Waals surface area contributed by atoms with Crippen molar-refractivity contribution in [2.24, 2.45) is 0 Å². The maximum absolute atomic E-state index is 13.5. The van der Waals surface area contributed by atoms with Gasteiger partial charge in [0.25, 0.3) is 5.91 Å². The van der Waals surface area contributed by atoms with Crippen LogP contribution in [0.1, 0.15) is 60.3 Å². The van der Waals surface area contributed by atoms with Gasteiger partial charge in [0, 0.05) is 50.0 Å². The van der Waals surface area contributed by atoms with Crippen molar-refractivity contribution in [3.05, 3.63) is 46.4 Å². The van der Waals surface area contributed by atoms with E-state index < -0.39 is 11.7 Å². The summed E-state index contributed by atoms with van der Waals surface area (Å²) in [5.41, 5.74) is 1.36. The molecule has 4 heterocycles. The standard InChI is InChI=1S/C23H24ClF3N6O/c1-13(2)33-20-17(12-29-33)16(10-19(30-20)14-3-4-14)22(34)32-7-5-31(6-8-32)21-18(24)9-15(11-28-21)23(25,26)27/h9-14H,3-8H2,1-2H3. The number of halogens is 4. The smallest absolute Gasteiger partial charge is 0.352 e. The summed E-state index contributed by atoms with van der Waals surface area (Å²) in [4.78, 5) is 25.8. The SMILES string of the molecule is CC(C)n1ncc2c(C(=O)N3CCN(c4ncc(C(F)(F)F)cc4Cl)CC3)cc(C3CC3)nc21. The molecule has 0 N–H and O–H groups in total. The van der Waals surface area contributed by atoms with Crippen LogP contribution in [0.3, 0.4) is 0 Å². The maximum Gasteiger partial charge on any atom is 0.417 e. The summed E-state index contributed by atoms with van der Waals surface area (Å²) in [7, 11) is 0. The van der Waals surface area contributed by atoms with Crippen LogP contribution in [-0.4, -0.2) is 56.7 Å². The molecule has 1 saturated heterocycles. The van der Waals surface area contributed by atoms with E-state index in [0.717, 1.165) is 41.8 Å². The first kappa shape index (κ1) is 22.9. The van der Waals surface area contributed by atoms with Crippen LogP contribution in [0.25, 0.3) is 11.0 Å². The van der Waals surface area contributed by atoms with E-state index in [1.807, 2.05) is 24.6 Å². The summed E-state index contributed by atoms with van der Waals surface area (Å²) in [6, 6.07) is 2.91. The highest BCUT2D eigenvalue weighted by Crippen LogP contribution is 2.40. The Morgan fingerprint density at radius 1 is 1.12 bits per heavy atom. The second-order valence-electron chi connectivity index (χ2n) is 9.10. The van der Waals surface area contributed by atoms with E-state index in [-0.39, 0.29) is 17.0 Å². The molecule has 2 fully saturated rings. The lowest BCUT2D eigenvalue weighted by Crippen LogP contribution is -2.49. The van der Waals surface area contributed by atoms with Crippen molar-refractivity contribution < 1.29 is 18.0 Å². The van der Waals surface area contributed by atoms with Gasteiger partial charge in [0.05, 0.1) is 27.7 Å². The Hall–Kier alpha value is -2.88. The largest absolute Gasteiger partial charge is 0.417 e. The third-order valence-corrected chi connectivity index (χ3v) is 6.60. The molecule has 3 aromatic heterocycles. The highest BCUT2D eigenvalue weighted by molar-refractivity contribution is 6.33. The third-order valence-electron chi connectivity index (χ3n) is 6.32. The predicted molar refractivity (Wildman–Crippen MR) is 122 cm³/mol. The summed E-state index contributed by atoms with van der Waals surface area (Å²) in [5.74, 6) is 0.585. The van der Waals surface area contributed by atoms with E-state index in [1.165, 1.54) is 0 Å². The number of hydrogen-bond donors (Lipinski definition) is 0. The van der Waals surface area contributed by atoms with Crippen LogP contribution in [0.4, 0.5) is 19.0 Å². The van der Waals surface area contributed by atoms with Gasteiger partial charge in [-0.05, 0) is 38.8 Å². The Morgan fingerprint density at radius 2 is 1.82 bits per heavy atom. The molecule has 0 spiro atoms. The number of fused-ring (bicyclic) bond motifs is 1. The lowest BCUT2D eigenvalue weighted by atomic mass is 10.1. The maximum atomic E-state index is 13.5. The fourth-order valence-corrected chi connectivity index (χ4v) is 4.58. The molecule has 0 unspecified atom stereocenters. The average Bonchev–Trinajstić information content (AvgIpc) is 3.56. The quantitative estimate of drug-likeness (QED) is 0.517. The molecule has 1 amide bonds. The van der Waals surface area contributed by atoms with Gasteiger partial charge in [-0.3, -0.25) is 4.79 Å². The highest BCUT2D eigenvalue weighted by Gasteiger charge is 2.33. The van der Waals surface area contributed by atoms with Crippen molar-refractivity contribution >= 4 is 34.4 Å². The number of hydrogen-bond acceptors (Lipinski definition) is 5. The van der Waals surface area contributed by atoms with Crippen molar-refractivity contribution in [2.45, 2.75) is 44.8 Å². The molecule has 3 aromatic rings. The van der Waals surface area contributed by atoms with Crippen molar-refractivity contribution in [3.8, 4) is 0 Å². The molecule has 180 valence electrons. The summed E-state index contributed by atoms with van der Waals surface area (Å²) >= 11 is 6.11. The topological polar surface area (TPSA) is 67.2 Å². The molecule has 1 saturated carbocycles. The van der Waals surface area contributed by atoms with Crippen LogP contribution in [-0.2, 0) is 6.18 Å². The summed E-state index contributed by atoms with van der Waals surface area (Å²) in [6.45, 7) is 5.69. The molecule has 2 aliphatic rings. The molecular formula is C23H24ClF3N6O. The zero-order valence-corrected chi connectivity index (χ0v) is 19.6. The molecule has 1 aliphatic heterocycles. The van der Waals surface area contributed by atoms with Gasteiger partial charge in [-0.25, -0.2) is 14.6 Å². The van der Waals surface area contributed by atoms with Gasteiger partial charge >= 0.3 is 6.18 Å². The van der Waals surface area contributed by atoms with Crippen molar-refractivity contribution in [1.82, 2.24) is 24.6 Å². The number of alkyl halides is 3. The van der Waals surface area contributed by atoms with Gasteiger partial charge in [-0.2, -0.15) is 18.3 Å². The first-order valence-electron chi connectivity index (χ1n) is 11.3. The summed E-state index contributed by atoms with van der Waals surface area (Å²) in [5, 5.41) is 5.14. The fraction of sp³-hybridized carbons (Fsp3) is 0.478. The van der Waals surface area contributed by atoms with E-state index in [9.17, 15) is 18.0 Å². The Balaban J connectivity index is 1.37. The summed E-state index contributed by atoms with van der Waals surface area (Å²) < 4.78 is 40.6. The van der Waals surface area contributed by atoms with Gasteiger partial charge in [0.1, 0.15) is 5.82 Å². The monoisotopic (exact) mass is 492 g/mol. The second-order valence-corrected chi connectivity index (χ2v) is 9.50. The number of anilines is 1. The molecule has 0 atom stereocenters. The number of amides is 1. The van der Waals surface area contributed by atoms with E-state index >= 15 is 0 Å². The first-order chi connectivity index (χ1) is 16.1. The normalized spacial score (nSPS) is 17.1. The van der Waals surface area contributed by atoms with Crippen LogP contribution in [0.5, 0.6) is 0 Å². The number of nitrogens with zero attached hydrogens (tertiary/aromatic N) is 6. The van der Waals surface area contributed by atoms with Crippen molar-refractivity contribution in [3.63, 3.8) is 0 Å². The van der Waals surface area contributed by atoms with E-state index in [0.29, 0.717) is 43.5 Å². The van der Waals surface area contributed by atoms with Gasteiger partial charge < -0.3 is 9.80 Å². The van der Waals surface area contributed by atoms with Crippen molar-refractivity contribution in [1.29, 1.82) is 0 Å². The van der Waals surface area contributed by atoms with Gasteiger partial charge in [0.2, 0.25) is 0 Å². The molecule has 7 nitrogen and oxygen atoms in total. The molecule has 11 heteroatoms. The number of piperazine rings is 1. The summed E-state index contributed by atoms with van der Waals surface area (Å²) in [6.07, 6.45) is 0.133. The number of carbonyl (C=O) groups is 1. The molecule has 0 radical (unpaired) electrons. The molecule has 0 aromatic carbocycles. The minimum Gasteiger partial charge on any atom is -0.352 e. The van der Waals surface area contributed by atoms with Crippen LogP contribution < -0.4 is 4.90 Å². The van der Waals surface area contributed by atoms with E-state index in [4.69, 9.17) is 16.6 Å². The molecule has 34 heavy (non-hydrogen) atoms. The molecule has 5 rings (SSSR count). The first-order valence-corrected chi connectivity index (χ1v) is 11.7. The lowest BCUT2D eigenvalue weighted by Gasteiger charge is -2.36. The van der Waals surface area contributed by atoms with E-state index in [1.54, 1.807) is 16.0 Å². The zero-order valence-electron chi connectivity index (χ0n) is 18.8. The Bertz CT molecular complexity index is 1250. The van der Waals surface area contributed by atoms with Gasteiger partial charge in [-0.1, -0.05) is 11.6 Å². The lowest BCUT2D eigenvalue weighted by molar-refractivity contribution is -0.137. The average molecular weight is 493 g/mol. The second kappa shape index (κ2) is 8.41. The van der Waals surface area contributed by atoms with Crippen molar-refractivity contribution in [2.75, 3.05) is 31.1 Å². The Kier molecular flexibility index (Phi) is 5.66. The predicted octanol–water partition coefficient (Wildman–Crippen LogP) is 4.92. The molecule has 1 aliphatic carbocycles. The molecule has 0 bridgehead atoms.